The zero-order valence-corrected chi connectivity index (χ0v) is 15.5. The number of amides is 2. The summed E-state index contributed by atoms with van der Waals surface area (Å²) in [7, 11) is 0. The minimum atomic E-state index is -0.128. The van der Waals surface area contributed by atoms with Crippen molar-refractivity contribution in [1.29, 1.82) is 0 Å². The van der Waals surface area contributed by atoms with E-state index in [1.54, 1.807) is 4.90 Å². The average Bonchev–Trinajstić information content (AvgIpc) is 3.16. The Hall–Kier alpha value is -1.85. The highest BCUT2D eigenvalue weighted by Gasteiger charge is 2.29. The van der Waals surface area contributed by atoms with Gasteiger partial charge in [0.05, 0.1) is 10.8 Å². The van der Waals surface area contributed by atoms with Gasteiger partial charge >= 0.3 is 0 Å². The fourth-order valence-corrected chi connectivity index (χ4v) is 4.00. The number of carbonyl (C=O) groups is 2. The molecular formula is C19H21ClN2O2S. The molecule has 1 unspecified atom stereocenters. The quantitative estimate of drug-likeness (QED) is 0.866. The van der Waals surface area contributed by atoms with Crippen molar-refractivity contribution in [3.8, 4) is 0 Å². The summed E-state index contributed by atoms with van der Waals surface area (Å²) in [6.45, 7) is 1.80. The zero-order valence-electron chi connectivity index (χ0n) is 13.9. The fourth-order valence-electron chi connectivity index (χ4n) is 3.10. The van der Waals surface area contributed by atoms with Crippen LogP contribution in [0.15, 0.2) is 41.8 Å². The molecule has 2 amide bonds. The van der Waals surface area contributed by atoms with Gasteiger partial charge in [-0.05, 0) is 48.4 Å². The van der Waals surface area contributed by atoms with Crippen molar-refractivity contribution < 1.29 is 9.59 Å². The van der Waals surface area contributed by atoms with Gasteiger partial charge < -0.3 is 10.2 Å². The van der Waals surface area contributed by atoms with Crippen LogP contribution in [0.5, 0.6) is 0 Å². The van der Waals surface area contributed by atoms with E-state index in [2.05, 4.69) is 5.32 Å². The SMILES string of the molecule is O=C(NCCc1cccc(Cl)c1)C1CCCN(C(=O)c2cccs2)C1. The molecule has 4 nitrogen and oxygen atoms in total. The number of piperidine rings is 1. The number of nitrogens with one attached hydrogen (secondary N) is 1. The molecule has 3 rings (SSSR count). The van der Waals surface area contributed by atoms with E-state index in [4.69, 9.17) is 11.6 Å². The number of nitrogens with zero attached hydrogens (tertiary/aromatic N) is 1. The molecule has 0 saturated carbocycles. The molecule has 25 heavy (non-hydrogen) atoms. The molecule has 1 N–H and O–H groups in total. The van der Waals surface area contributed by atoms with Gasteiger partial charge in [-0.2, -0.15) is 0 Å². The van der Waals surface area contributed by atoms with Crippen LogP contribution in [0.1, 0.15) is 28.1 Å². The van der Waals surface area contributed by atoms with Crippen LogP contribution in [-0.4, -0.2) is 36.3 Å². The van der Waals surface area contributed by atoms with E-state index in [0.717, 1.165) is 36.2 Å². The maximum Gasteiger partial charge on any atom is 0.263 e. The summed E-state index contributed by atoms with van der Waals surface area (Å²) in [5.41, 5.74) is 1.10. The van der Waals surface area contributed by atoms with Crippen LogP contribution in [0.4, 0.5) is 0 Å². The molecule has 1 atom stereocenters. The Morgan fingerprint density at radius 3 is 2.92 bits per heavy atom. The van der Waals surface area contributed by atoms with Crippen LogP contribution < -0.4 is 5.32 Å². The van der Waals surface area contributed by atoms with Crippen molar-refractivity contribution >= 4 is 34.8 Å². The van der Waals surface area contributed by atoms with Crippen molar-refractivity contribution in [3.63, 3.8) is 0 Å². The highest BCUT2D eigenvalue weighted by Crippen LogP contribution is 2.20. The van der Waals surface area contributed by atoms with Crippen molar-refractivity contribution in [2.75, 3.05) is 19.6 Å². The molecule has 0 radical (unpaired) electrons. The predicted molar refractivity (Wildman–Crippen MR) is 101 cm³/mol. The standard InChI is InChI=1S/C19H21ClN2O2S/c20-16-6-1-4-14(12-16)8-9-21-18(23)15-5-2-10-22(13-15)19(24)17-7-3-11-25-17/h1,3-4,6-7,11-12,15H,2,5,8-10,13H2,(H,21,23). The molecule has 132 valence electrons. The van der Waals surface area contributed by atoms with Crippen LogP contribution in [0.25, 0.3) is 0 Å². The monoisotopic (exact) mass is 376 g/mol. The summed E-state index contributed by atoms with van der Waals surface area (Å²) >= 11 is 7.42. The zero-order chi connectivity index (χ0) is 17.6. The van der Waals surface area contributed by atoms with E-state index in [0.29, 0.717) is 18.1 Å². The van der Waals surface area contributed by atoms with E-state index < -0.39 is 0 Å². The summed E-state index contributed by atoms with van der Waals surface area (Å²) in [5, 5.41) is 5.60. The third-order valence-corrected chi connectivity index (χ3v) is 5.51. The lowest BCUT2D eigenvalue weighted by molar-refractivity contribution is -0.126. The summed E-state index contributed by atoms with van der Waals surface area (Å²) in [6, 6.07) is 11.4. The molecule has 1 aromatic heterocycles. The summed E-state index contributed by atoms with van der Waals surface area (Å²) in [6.07, 6.45) is 2.44. The van der Waals surface area contributed by atoms with Gasteiger partial charge in [-0.15, -0.1) is 11.3 Å². The molecule has 1 saturated heterocycles. The number of thiophene rings is 1. The molecule has 1 aliphatic heterocycles. The minimum Gasteiger partial charge on any atom is -0.355 e. The van der Waals surface area contributed by atoms with Crippen LogP contribution in [0.2, 0.25) is 5.02 Å². The molecule has 1 aromatic carbocycles. The number of carbonyl (C=O) groups excluding carboxylic acids is 2. The van der Waals surface area contributed by atoms with Gasteiger partial charge in [-0.1, -0.05) is 29.8 Å². The van der Waals surface area contributed by atoms with Crippen molar-refractivity contribution in [2.24, 2.45) is 5.92 Å². The molecular weight excluding hydrogens is 356 g/mol. The first-order chi connectivity index (χ1) is 12.1. The van der Waals surface area contributed by atoms with Crippen LogP contribution in [0.3, 0.4) is 0 Å². The Morgan fingerprint density at radius 2 is 2.16 bits per heavy atom. The van der Waals surface area contributed by atoms with Gasteiger partial charge in [0, 0.05) is 24.7 Å². The van der Waals surface area contributed by atoms with Gasteiger partial charge in [-0.3, -0.25) is 9.59 Å². The van der Waals surface area contributed by atoms with Gasteiger partial charge in [0.15, 0.2) is 0 Å². The number of hydrogen-bond donors (Lipinski definition) is 1. The van der Waals surface area contributed by atoms with Crippen LogP contribution in [-0.2, 0) is 11.2 Å². The van der Waals surface area contributed by atoms with Crippen LogP contribution >= 0.6 is 22.9 Å². The normalized spacial score (nSPS) is 17.3. The topological polar surface area (TPSA) is 49.4 Å². The van der Waals surface area contributed by atoms with E-state index in [-0.39, 0.29) is 17.7 Å². The van der Waals surface area contributed by atoms with Crippen molar-refractivity contribution in [2.45, 2.75) is 19.3 Å². The van der Waals surface area contributed by atoms with E-state index in [9.17, 15) is 9.59 Å². The van der Waals surface area contributed by atoms with E-state index in [1.807, 2.05) is 41.8 Å². The highest BCUT2D eigenvalue weighted by atomic mass is 35.5. The minimum absolute atomic E-state index is 0.0331. The van der Waals surface area contributed by atoms with Crippen molar-refractivity contribution in [1.82, 2.24) is 10.2 Å². The Kier molecular flexibility index (Phi) is 6.10. The molecule has 1 aliphatic rings. The lowest BCUT2D eigenvalue weighted by atomic mass is 9.97. The first-order valence-electron chi connectivity index (χ1n) is 8.48. The summed E-state index contributed by atoms with van der Waals surface area (Å²) in [5.74, 6) is -0.0610. The third-order valence-electron chi connectivity index (χ3n) is 4.41. The van der Waals surface area contributed by atoms with E-state index in [1.165, 1.54) is 11.3 Å². The van der Waals surface area contributed by atoms with Gasteiger partial charge in [0.2, 0.25) is 5.91 Å². The predicted octanol–water partition coefficient (Wildman–Crippen LogP) is 3.61. The second-order valence-corrected chi connectivity index (χ2v) is 7.62. The molecule has 0 aliphatic carbocycles. The maximum absolute atomic E-state index is 12.5. The largest absolute Gasteiger partial charge is 0.355 e. The summed E-state index contributed by atoms with van der Waals surface area (Å²) in [4.78, 5) is 27.4. The van der Waals surface area contributed by atoms with Crippen LogP contribution in [0, 0.1) is 5.92 Å². The second-order valence-electron chi connectivity index (χ2n) is 6.24. The fraction of sp³-hybridized carbons (Fsp3) is 0.368. The smallest absolute Gasteiger partial charge is 0.263 e. The molecule has 2 aromatic rings. The molecule has 0 spiro atoms. The first kappa shape index (κ1) is 18.0. The Balaban J connectivity index is 1.49. The number of halogens is 1. The molecule has 0 bridgehead atoms. The lowest BCUT2D eigenvalue weighted by Gasteiger charge is -2.31. The Morgan fingerprint density at radius 1 is 1.28 bits per heavy atom. The van der Waals surface area contributed by atoms with Crippen molar-refractivity contribution in [3.05, 3.63) is 57.2 Å². The van der Waals surface area contributed by atoms with Gasteiger partial charge in [0.25, 0.3) is 5.91 Å². The Labute approximate surface area is 156 Å². The highest BCUT2D eigenvalue weighted by molar-refractivity contribution is 7.12. The third kappa shape index (κ3) is 4.83. The van der Waals surface area contributed by atoms with Gasteiger partial charge in [-0.25, -0.2) is 0 Å². The average molecular weight is 377 g/mol. The summed E-state index contributed by atoms with van der Waals surface area (Å²) < 4.78 is 0. The van der Waals surface area contributed by atoms with E-state index >= 15 is 0 Å². The number of rotatable bonds is 5. The molecule has 6 heteroatoms. The first-order valence-corrected chi connectivity index (χ1v) is 9.74. The Bertz CT molecular complexity index is 733. The lowest BCUT2D eigenvalue weighted by Crippen LogP contribution is -2.45. The number of benzene rings is 1. The molecule has 2 heterocycles. The van der Waals surface area contributed by atoms with Gasteiger partial charge in [0.1, 0.15) is 0 Å². The molecule has 1 fully saturated rings. The number of likely N-dealkylation sites (tertiary alicyclic amines) is 1. The maximum atomic E-state index is 12.5. The number of hydrogen-bond acceptors (Lipinski definition) is 3. The second kappa shape index (κ2) is 8.50.